The molecule has 2 aromatic rings. The molecule has 0 saturated heterocycles. The van der Waals surface area contributed by atoms with Crippen molar-refractivity contribution in [2.24, 2.45) is 0 Å². The van der Waals surface area contributed by atoms with Crippen molar-refractivity contribution in [1.29, 1.82) is 0 Å². The monoisotopic (exact) mass is 204 g/mol. The van der Waals surface area contributed by atoms with Crippen molar-refractivity contribution in [2.45, 2.75) is 0 Å². The molecule has 0 aliphatic rings. The van der Waals surface area contributed by atoms with Crippen molar-refractivity contribution >= 4 is 16.6 Å². The van der Waals surface area contributed by atoms with Crippen LogP contribution in [0.1, 0.15) is 0 Å². The van der Waals surface area contributed by atoms with E-state index in [0.717, 1.165) is 16.5 Å². The Hall–Kier alpha value is -1.97. The van der Waals surface area contributed by atoms with Crippen LogP contribution in [0.2, 0.25) is 0 Å². The Balaban J connectivity index is 2.81. The van der Waals surface area contributed by atoms with Crippen LogP contribution in [0.4, 0.5) is 5.82 Å². The van der Waals surface area contributed by atoms with E-state index >= 15 is 0 Å². The van der Waals surface area contributed by atoms with Gasteiger partial charge in [-0.05, 0) is 17.5 Å². The maximum absolute atomic E-state index is 5.79. The third kappa shape index (κ3) is 1.54. The van der Waals surface area contributed by atoms with Gasteiger partial charge in [-0.15, -0.1) is 0 Å². The molecule has 1 aromatic carbocycles. The molecular weight excluding hydrogens is 192 g/mol. The topological polar surface area (TPSA) is 57.4 Å². The number of nitrogens with zero attached hydrogens (tertiary/aromatic N) is 1. The number of rotatable bonds is 2. The molecule has 0 unspecified atom stereocenters. The summed E-state index contributed by atoms with van der Waals surface area (Å²) in [5, 5.41) is 1.78. The first kappa shape index (κ1) is 9.58. The van der Waals surface area contributed by atoms with Crippen LogP contribution in [-0.2, 0) is 0 Å². The molecule has 2 rings (SSSR count). The highest BCUT2D eigenvalue weighted by Gasteiger charge is 2.08. The SMILES string of the molecule is COc1cc(OC)c2c(N)nccc2c1. The van der Waals surface area contributed by atoms with Gasteiger partial charge < -0.3 is 15.2 Å². The van der Waals surface area contributed by atoms with Crippen LogP contribution in [0.25, 0.3) is 10.8 Å². The smallest absolute Gasteiger partial charge is 0.134 e. The largest absolute Gasteiger partial charge is 0.497 e. The number of nitrogens with two attached hydrogens (primary N) is 1. The first-order chi connectivity index (χ1) is 7.26. The lowest BCUT2D eigenvalue weighted by Gasteiger charge is -2.09. The number of fused-ring (bicyclic) bond motifs is 1. The molecule has 78 valence electrons. The molecule has 0 aliphatic heterocycles. The molecule has 2 N–H and O–H groups in total. The highest BCUT2D eigenvalue weighted by Crippen LogP contribution is 2.33. The average molecular weight is 204 g/mol. The summed E-state index contributed by atoms with van der Waals surface area (Å²) in [5.74, 6) is 1.88. The second-order valence-corrected chi connectivity index (χ2v) is 3.12. The number of nitrogen functional groups attached to an aromatic ring is 1. The number of hydrogen-bond acceptors (Lipinski definition) is 4. The predicted octanol–water partition coefficient (Wildman–Crippen LogP) is 1.83. The summed E-state index contributed by atoms with van der Waals surface area (Å²) in [7, 11) is 3.21. The van der Waals surface area contributed by atoms with Crippen LogP contribution in [0.15, 0.2) is 24.4 Å². The molecule has 0 amide bonds. The predicted molar refractivity (Wildman–Crippen MR) is 59.3 cm³/mol. The minimum Gasteiger partial charge on any atom is -0.497 e. The Morgan fingerprint density at radius 2 is 2.00 bits per heavy atom. The number of aromatic nitrogens is 1. The summed E-state index contributed by atoms with van der Waals surface area (Å²) >= 11 is 0. The van der Waals surface area contributed by atoms with Crippen molar-refractivity contribution in [3.8, 4) is 11.5 Å². The van der Waals surface area contributed by atoms with Crippen molar-refractivity contribution in [2.75, 3.05) is 20.0 Å². The minimum absolute atomic E-state index is 0.465. The van der Waals surface area contributed by atoms with Crippen LogP contribution in [-0.4, -0.2) is 19.2 Å². The van der Waals surface area contributed by atoms with Crippen LogP contribution >= 0.6 is 0 Å². The van der Waals surface area contributed by atoms with E-state index < -0.39 is 0 Å². The lowest BCUT2D eigenvalue weighted by Crippen LogP contribution is -1.95. The average Bonchev–Trinajstić information content (AvgIpc) is 2.27. The van der Waals surface area contributed by atoms with Gasteiger partial charge in [-0.25, -0.2) is 4.98 Å². The lowest BCUT2D eigenvalue weighted by molar-refractivity contribution is 0.398. The maximum atomic E-state index is 5.79. The fourth-order valence-corrected chi connectivity index (χ4v) is 1.56. The van der Waals surface area contributed by atoms with E-state index in [1.807, 2.05) is 12.1 Å². The number of hydrogen-bond donors (Lipinski definition) is 1. The van der Waals surface area contributed by atoms with Crippen molar-refractivity contribution in [1.82, 2.24) is 4.98 Å². The highest BCUT2D eigenvalue weighted by atomic mass is 16.5. The summed E-state index contributed by atoms with van der Waals surface area (Å²) in [6.07, 6.45) is 1.66. The summed E-state index contributed by atoms with van der Waals surface area (Å²) < 4.78 is 10.4. The molecule has 0 aliphatic carbocycles. The fourth-order valence-electron chi connectivity index (χ4n) is 1.56. The third-order valence-electron chi connectivity index (χ3n) is 2.29. The Morgan fingerprint density at radius 1 is 1.20 bits per heavy atom. The highest BCUT2D eigenvalue weighted by molar-refractivity contribution is 5.97. The van der Waals surface area contributed by atoms with Crippen molar-refractivity contribution in [3.63, 3.8) is 0 Å². The quantitative estimate of drug-likeness (QED) is 0.810. The van der Waals surface area contributed by atoms with Gasteiger partial charge in [0, 0.05) is 12.3 Å². The summed E-state index contributed by atoms with van der Waals surface area (Å²) in [4.78, 5) is 4.03. The van der Waals surface area contributed by atoms with Gasteiger partial charge in [0.1, 0.15) is 17.3 Å². The Kier molecular flexibility index (Phi) is 2.33. The molecule has 1 heterocycles. The van der Waals surface area contributed by atoms with Crippen LogP contribution in [0.3, 0.4) is 0 Å². The normalized spacial score (nSPS) is 10.3. The molecule has 4 heteroatoms. The number of methoxy groups -OCH3 is 2. The zero-order valence-corrected chi connectivity index (χ0v) is 8.65. The van der Waals surface area contributed by atoms with Crippen LogP contribution in [0.5, 0.6) is 11.5 Å². The molecule has 15 heavy (non-hydrogen) atoms. The second kappa shape index (κ2) is 3.65. The van der Waals surface area contributed by atoms with Gasteiger partial charge in [0.15, 0.2) is 0 Å². The Labute approximate surface area is 87.6 Å². The molecular formula is C11H12N2O2. The molecule has 0 bridgehead atoms. The van der Waals surface area contributed by atoms with Gasteiger partial charge in [-0.2, -0.15) is 0 Å². The van der Waals surface area contributed by atoms with Crippen LogP contribution < -0.4 is 15.2 Å². The third-order valence-corrected chi connectivity index (χ3v) is 2.29. The van der Waals surface area contributed by atoms with Crippen molar-refractivity contribution < 1.29 is 9.47 Å². The number of anilines is 1. The van der Waals surface area contributed by atoms with Gasteiger partial charge in [-0.3, -0.25) is 0 Å². The lowest BCUT2D eigenvalue weighted by atomic mass is 10.1. The summed E-state index contributed by atoms with van der Waals surface area (Å²) in [6.45, 7) is 0. The van der Waals surface area contributed by atoms with Gasteiger partial charge in [0.05, 0.1) is 19.6 Å². The number of pyridine rings is 1. The molecule has 0 atom stereocenters. The summed E-state index contributed by atoms with van der Waals surface area (Å²) in [5.41, 5.74) is 5.79. The first-order valence-electron chi connectivity index (χ1n) is 4.52. The molecule has 0 saturated carbocycles. The van der Waals surface area contributed by atoms with Gasteiger partial charge in [0.25, 0.3) is 0 Å². The van der Waals surface area contributed by atoms with Gasteiger partial charge in [-0.1, -0.05) is 0 Å². The molecule has 0 fully saturated rings. The van der Waals surface area contributed by atoms with Gasteiger partial charge in [0.2, 0.25) is 0 Å². The number of ether oxygens (including phenoxy) is 2. The van der Waals surface area contributed by atoms with E-state index in [2.05, 4.69) is 4.98 Å². The van der Waals surface area contributed by atoms with Crippen molar-refractivity contribution in [3.05, 3.63) is 24.4 Å². The van der Waals surface area contributed by atoms with E-state index in [1.54, 1.807) is 26.5 Å². The second-order valence-electron chi connectivity index (χ2n) is 3.12. The fraction of sp³-hybridized carbons (Fsp3) is 0.182. The molecule has 0 spiro atoms. The zero-order valence-electron chi connectivity index (χ0n) is 8.65. The van der Waals surface area contributed by atoms with E-state index in [9.17, 15) is 0 Å². The summed E-state index contributed by atoms with van der Waals surface area (Å²) in [6, 6.07) is 5.56. The minimum atomic E-state index is 0.465. The Bertz CT molecular complexity index is 497. The standard InChI is InChI=1S/C11H12N2O2/c1-14-8-5-7-3-4-13-11(12)10(7)9(6-8)15-2/h3-6H,1-2H3,(H2,12,13). The van der Waals surface area contributed by atoms with E-state index in [-0.39, 0.29) is 0 Å². The van der Waals surface area contributed by atoms with E-state index in [0.29, 0.717) is 11.6 Å². The Morgan fingerprint density at radius 3 is 2.67 bits per heavy atom. The molecule has 4 nitrogen and oxygen atoms in total. The van der Waals surface area contributed by atoms with Crippen LogP contribution in [0, 0.1) is 0 Å². The van der Waals surface area contributed by atoms with Gasteiger partial charge >= 0.3 is 0 Å². The number of benzene rings is 1. The zero-order chi connectivity index (χ0) is 10.8. The van der Waals surface area contributed by atoms with E-state index in [4.69, 9.17) is 15.2 Å². The first-order valence-corrected chi connectivity index (χ1v) is 4.52. The molecule has 1 aromatic heterocycles. The maximum Gasteiger partial charge on any atom is 0.134 e. The molecule has 0 radical (unpaired) electrons. The van der Waals surface area contributed by atoms with E-state index in [1.165, 1.54) is 0 Å².